The summed E-state index contributed by atoms with van der Waals surface area (Å²) in [7, 11) is -3.18. The first-order chi connectivity index (χ1) is 21.9. The van der Waals surface area contributed by atoms with Crippen molar-refractivity contribution in [2.24, 2.45) is 0 Å². The van der Waals surface area contributed by atoms with Crippen molar-refractivity contribution in [3.8, 4) is 11.6 Å². The van der Waals surface area contributed by atoms with Gasteiger partial charge in [0.15, 0.2) is 24.2 Å². The minimum absolute atomic E-state index is 0.0661. The van der Waals surface area contributed by atoms with Crippen LogP contribution in [0.3, 0.4) is 0 Å². The second kappa shape index (κ2) is 17.2. The number of rotatable bonds is 15. The maximum absolute atomic E-state index is 14.6. The molecule has 0 bridgehead atoms. The minimum Gasteiger partial charge on any atom is -0.468 e. The molecule has 1 fully saturated rings. The Hall–Kier alpha value is -3.76. The predicted octanol–water partition coefficient (Wildman–Crippen LogP) is 3.65. The number of halogens is 2. The third kappa shape index (κ3) is 10.4. The summed E-state index contributed by atoms with van der Waals surface area (Å²) in [6.07, 6.45) is 4.78. The molecule has 46 heavy (non-hydrogen) atoms. The van der Waals surface area contributed by atoms with Gasteiger partial charge in [-0.2, -0.15) is 15.1 Å². The Morgan fingerprint density at radius 3 is 2.54 bits per heavy atom. The molecule has 0 spiro atoms. The molecule has 4 N–H and O–H groups in total. The number of carbonyl (C=O) groups is 2. The SMILES string of the molecule is CO[C@](F)(CO[P@@](=O)(NC(C)C(=O)OC1CCCCC1)Oc1ccccc1)[C@H](C)O.Nc1nc(OCC=O)c2ncn(CF)c2n1. The van der Waals surface area contributed by atoms with Gasteiger partial charge >= 0.3 is 13.7 Å². The molecule has 0 saturated heterocycles. The van der Waals surface area contributed by atoms with Crippen molar-refractivity contribution in [3.05, 3.63) is 36.7 Å². The number of anilines is 1. The molecule has 4 rings (SSSR count). The van der Waals surface area contributed by atoms with E-state index in [1.54, 1.807) is 18.2 Å². The molecule has 0 aliphatic heterocycles. The molecule has 18 heteroatoms. The van der Waals surface area contributed by atoms with Gasteiger partial charge in [0.25, 0.3) is 5.85 Å². The predicted molar refractivity (Wildman–Crippen MR) is 161 cm³/mol. The summed E-state index contributed by atoms with van der Waals surface area (Å²) in [5.74, 6) is -3.01. The van der Waals surface area contributed by atoms with Crippen molar-refractivity contribution in [1.82, 2.24) is 24.6 Å². The lowest BCUT2D eigenvalue weighted by Gasteiger charge is -2.29. The zero-order valence-electron chi connectivity index (χ0n) is 25.7. The fourth-order valence-corrected chi connectivity index (χ4v) is 5.71. The number of aromatic nitrogens is 4. The summed E-state index contributed by atoms with van der Waals surface area (Å²) in [6, 6.07) is 7.09. The molecule has 1 saturated carbocycles. The van der Waals surface area contributed by atoms with Gasteiger partial charge in [-0.05, 0) is 51.7 Å². The van der Waals surface area contributed by atoms with E-state index in [1.807, 2.05) is 0 Å². The summed E-state index contributed by atoms with van der Waals surface area (Å²) in [4.78, 5) is 34.1. The molecule has 4 atom stereocenters. The van der Waals surface area contributed by atoms with Crippen LogP contribution in [0.25, 0.3) is 11.2 Å². The lowest BCUT2D eigenvalue weighted by molar-refractivity contribution is -0.202. The number of alkyl halides is 2. The number of hydrogen-bond donors (Lipinski definition) is 3. The van der Waals surface area contributed by atoms with Gasteiger partial charge in [-0.15, -0.1) is 0 Å². The normalized spacial score (nSPS) is 17.4. The standard InChI is InChI=1S/C20H31FNO7P.C8H8FN5O2/c1-15(19(24)28-17-10-6-4-7-11-17)22-30(25,29-18-12-8-5-9-13-18)27-14-20(21,26-3)16(2)23;9-3-14-4-11-5-6(14)12-8(10)13-7(5)16-2-1-15/h5,8-9,12-13,15-17,23H,4,6-7,10-11,14H2,1-3H3,(H,22,25);1,4H,2-3H2,(H2,10,12,13)/t15?,16-,20+,30-;/m0./s1. The zero-order chi connectivity index (χ0) is 33.7. The lowest BCUT2D eigenvalue weighted by Crippen LogP contribution is -2.43. The molecule has 0 radical (unpaired) electrons. The first-order valence-electron chi connectivity index (χ1n) is 14.4. The maximum atomic E-state index is 14.6. The van der Waals surface area contributed by atoms with E-state index in [2.05, 4.69) is 24.8 Å². The molecule has 254 valence electrons. The molecule has 2 heterocycles. The van der Waals surface area contributed by atoms with Crippen molar-refractivity contribution < 1.29 is 51.3 Å². The Morgan fingerprint density at radius 2 is 1.93 bits per heavy atom. The second-order valence-electron chi connectivity index (χ2n) is 10.3. The van der Waals surface area contributed by atoms with E-state index in [1.165, 1.54) is 32.3 Å². The van der Waals surface area contributed by atoms with Crippen molar-refractivity contribution in [1.29, 1.82) is 0 Å². The number of carbonyl (C=O) groups excluding carboxylic acids is 2. The third-order valence-corrected chi connectivity index (χ3v) is 8.39. The number of aldehydes is 1. The first kappa shape index (κ1) is 36.7. The van der Waals surface area contributed by atoms with Crippen LogP contribution < -0.4 is 20.1 Å². The Morgan fingerprint density at radius 1 is 1.24 bits per heavy atom. The van der Waals surface area contributed by atoms with Crippen LogP contribution in [0.5, 0.6) is 11.6 Å². The summed E-state index contributed by atoms with van der Waals surface area (Å²) in [5.41, 5.74) is 5.93. The van der Waals surface area contributed by atoms with Crippen LogP contribution in [0.1, 0.15) is 46.0 Å². The fourth-order valence-electron chi connectivity index (χ4n) is 4.21. The van der Waals surface area contributed by atoms with Crippen LogP contribution in [0.15, 0.2) is 36.7 Å². The highest BCUT2D eigenvalue weighted by atomic mass is 31.2. The highest BCUT2D eigenvalue weighted by Gasteiger charge is 2.41. The molecule has 15 nitrogen and oxygen atoms in total. The van der Waals surface area contributed by atoms with E-state index >= 15 is 0 Å². The van der Waals surface area contributed by atoms with Gasteiger partial charge in [0.05, 0.1) is 6.33 Å². The van der Waals surface area contributed by atoms with Crippen LogP contribution in [0, 0.1) is 0 Å². The molecule has 1 unspecified atom stereocenters. The molecule has 1 aromatic carbocycles. The summed E-state index contributed by atoms with van der Waals surface area (Å²) < 4.78 is 67.4. The average Bonchev–Trinajstić information content (AvgIpc) is 3.46. The molecular weight excluding hydrogens is 633 g/mol. The molecular formula is C28H39F2N6O9P. The van der Waals surface area contributed by atoms with E-state index in [0.717, 1.165) is 43.8 Å². The Balaban J connectivity index is 0.000000300. The number of para-hydroxylation sites is 1. The van der Waals surface area contributed by atoms with E-state index in [-0.39, 0.29) is 41.5 Å². The third-order valence-electron chi connectivity index (χ3n) is 6.77. The smallest absolute Gasteiger partial charge is 0.459 e. The van der Waals surface area contributed by atoms with Crippen LogP contribution in [0.4, 0.5) is 14.7 Å². The summed E-state index contributed by atoms with van der Waals surface area (Å²) in [5, 5.41) is 12.1. The number of methoxy groups -OCH3 is 1. The van der Waals surface area contributed by atoms with Gasteiger partial charge in [0.1, 0.15) is 37.2 Å². The van der Waals surface area contributed by atoms with Crippen molar-refractivity contribution in [2.75, 3.05) is 26.1 Å². The summed E-state index contributed by atoms with van der Waals surface area (Å²) in [6.45, 7) is 0.799. The number of fused-ring (bicyclic) bond motifs is 1. The second-order valence-corrected chi connectivity index (χ2v) is 12.0. The number of nitrogens with two attached hydrogens (primary N) is 1. The Bertz CT molecular complexity index is 1460. The summed E-state index contributed by atoms with van der Waals surface area (Å²) >= 11 is 0. The number of nitrogens with zero attached hydrogens (tertiary/aromatic N) is 4. The van der Waals surface area contributed by atoms with Gasteiger partial charge in [-0.1, -0.05) is 24.6 Å². The number of ether oxygens (including phenoxy) is 3. The molecule has 1 aliphatic carbocycles. The van der Waals surface area contributed by atoms with Crippen LogP contribution in [-0.4, -0.2) is 81.3 Å². The topological polar surface area (TPSA) is 199 Å². The van der Waals surface area contributed by atoms with Crippen molar-refractivity contribution in [2.45, 2.75) is 76.9 Å². The molecule has 3 aromatic rings. The highest BCUT2D eigenvalue weighted by molar-refractivity contribution is 7.52. The van der Waals surface area contributed by atoms with Crippen molar-refractivity contribution in [3.63, 3.8) is 0 Å². The van der Waals surface area contributed by atoms with Gasteiger partial charge in [0.2, 0.25) is 11.8 Å². The zero-order valence-corrected chi connectivity index (χ0v) is 26.6. The maximum Gasteiger partial charge on any atom is 0.459 e. The van der Waals surface area contributed by atoms with Gasteiger partial charge in [0, 0.05) is 7.11 Å². The fraction of sp³-hybridized carbons (Fsp3) is 0.536. The van der Waals surface area contributed by atoms with E-state index in [0.29, 0.717) is 6.29 Å². The molecule has 2 aromatic heterocycles. The lowest BCUT2D eigenvalue weighted by atomic mass is 9.98. The quantitative estimate of drug-likeness (QED) is 0.120. The Labute approximate surface area is 264 Å². The highest BCUT2D eigenvalue weighted by Crippen LogP contribution is 2.46. The van der Waals surface area contributed by atoms with E-state index in [9.17, 15) is 28.0 Å². The average molecular weight is 673 g/mol. The van der Waals surface area contributed by atoms with Gasteiger partial charge < -0.3 is 29.6 Å². The minimum atomic E-state index is -4.24. The number of hydrogen-bond acceptors (Lipinski definition) is 13. The van der Waals surface area contributed by atoms with E-state index in [4.69, 9.17) is 24.3 Å². The van der Waals surface area contributed by atoms with Gasteiger partial charge in [-0.3, -0.25) is 18.7 Å². The number of imidazole rings is 1. The first-order valence-corrected chi connectivity index (χ1v) is 16.0. The van der Waals surface area contributed by atoms with Gasteiger partial charge in [-0.25, -0.2) is 18.3 Å². The van der Waals surface area contributed by atoms with Crippen LogP contribution >= 0.6 is 7.75 Å². The number of nitrogens with one attached hydrogen (secondary N) is 1. The van der Waals surface area contributed by atoms with E-state index < -0.39 is 45.1 Å². The van der Waals surface area contributed by atoms with Crippen LogP contribution in [-0.2, 0) is 35.0 Å². The largest absolute Gasteiger partial charge is 0.468 e. The number of aliphatic hydroxyl groups is 1. The van der Waals surface area contributed by atoms with Crippen molar-refractivity contribution >= 4 is 37.1 Å². The number of nitrogen functional groups attached to an aromatic ring is 1. The van der Waals surface area contributed by atoms with Crippen LogP contribution in [0.2, 0.25) is 0 Å². The monoisotopic (exact) mass is 672 g/mol. The molecule has 1 aliphatic rings. The number of aliphatic hydroxyl groups excluding tert-OH is 1. The molecule has 0 amide bonds. The Kier molecular flexibility index (Phi) is 13.8. The number of esters is 1. The number of benzene rings is 1.